The lowest BCUT2D eigenvalue weighted by Gasteiger charge is -2.41. The number of thioether (sulfide) groups is 2. The Balaban J connectivity index is 1.97. The summed E-state index contributed by atoms with van der Waals surface area (Å²) in [6.45, 7) is 4.72. The van der Waals surface area contributed by atoms with Gasteiger partial charge in [-0.25, -0.2) is 0 Å². The molecule has 0 aromatic heterocycles. The van der Waals surface area contributed by atoms with Crippen LogP contribution in [0.15, 0.2) is 0 Å². The smallest absolute Gasteiger partial charge is 0.0368 e. The number of hydrogen-bond donors (Lipinski definition) is 2. The van der Waals surface area contributed by atoms with E-state index < -0.39 is 0 Å². The standard InChI is InChI=1S/C14H28N2S2/c1-3-12-14(18-9-8-17-12)13(16-15)11-6-4-10(2)5-7-11/h10-14,16H,3-9,15H2,1-2H3. The first-order chi connectivity index (χ1) is 8.76. The van der Waals surface area contributed by atoms with Gasteiger partial charge in [0.15, 0.2) is 0 Å². The van der Waals surface area contributed by atoms with Crippen LogP contribution in [0, 0.1) is 11.8 Å². The molecule has 2 fully saturated rings. The van der Waals surface area contributed by atoms with E-state index in [1.54, 1.807) is 0 Å². The molecule has 2 aliphatic rings. The zero-order valence-corrected chi connectivity index (χ0v) is 13.4. The second-order valence-corrected chi connectivity index (χ2v) is 8.50. The summed E-state index contributed by atoms with van der Waals surface area (Å²) >= 11 is 4.32. The van der Waals surface area contributed by atoms with E-state index in [2.05, 4.69) is 42.8 Å². The largest absolute Gasteiger partial charge is 0.271 e. The summed E-state index contributed by atoms with van der Waals surface area (Å²) < 4.78 is 0. The van der Waals surface area contributed by atoms with Crippen LogP contribution in [-0.2, 0) is 0 Å². The zero-order chi connectivity index (χ0) is 13.0. The molecule has 0 aromatic rings. The Labute approximate surface area is 121 Å². The van der Waals surface area contributed by atoms with Crippen molar-refractivity contribution in [1.82, 2.24) is 5.43 Å². The van der Waals surface area contributed by atoms with Crippen LogP contribution in [0.2, 0.25) is 0 Å². The van der Waals surface area contributed by atoms with Crippen molar-refractivity contribution in [3.63, 3.8) is 0 Å². The Morgan fingerprint density at radius 2 is 1.83 bits per heavy atom. The van der Waals surface area contributed by atoms with Crippen LogP contribution in [0.1, 0.15) is 46.0 Å². The van der Waals surface area contributed by atoms with E-state index in [9.17, 15) is 0 Å². The molecule has 1 heterocycles. The van der Waals surface area contributed by atoms with Gasteiger partial charge in [-0.05, 0) is 31.1 Å². The van der Waals surface area contributed by atoms with Gasteiger partial charge in [0.1, 0.15) is 0 Å². The minimum Gasteiger partial charge on any atom is -0.271 e. The fourth-order valence-corrected chi connectivity index (χ4v) is 6.74. The minimum atomic E-state index is 0.528. The lowest BCUT2D eigenvalue weighted by molar-refractivity contribution is 0.225. The summed E-state index contributed by atoms with van der Waals surface area (Å²) in [5.74, 6) is 10.3. The predicted molar refractivity (Wildman–Crippen MR) is 85.0 cm³/mol. The molecule has 1 saturated carbocycles. The quantitative estimate of drug-likeness (QED) is 0.615. The molecule has 1 aliphatic carbocycles. The number of rotatable bonds is 4. The van der Waals surface area contributed by atoms with Gasteiger partial charge in [0.25, 0.3) is 0 Å². The van der Waals surface area contributed by atoms with E-state index in [0.29, 0.717) is 6.04 Å². The van der Waals surface area contributed by atoms with Gasteiger partial charge in [-0.2, -0.15) is 23.5 Å². The second-order valence-electron chi connectivity index (χ2n) is 5.87. The van der Waals surface area contributed by atoms with Crippen molar-refractivity contribution in [3.8, 4) is 0 Å². The summed E-state index contributed by atoms with van der Waals surface area (Å²) in [6.07, 6.45) is 6.81. The minimum absolute atomic E-state index is 0.528. The summed E-state index contributed by atoms with van der Waals surface area (Å²) in [6, 6.07) is 0.528. The Morgan fingerprint density at radius 3 is 2.44 bits per heavy atom. The van der Waals surface area contributed by atoms with Crippen molar-refractivity contribution < 1.29 is 0 Å². The van der Waals surface area contributed by atoms with Gasteiger partial charge in [0, 0.05) is 28.0 Å². The van der Waals surface area contributed by atoms with Crippen molar-refractivity contribution in [3.05, 3.63) is 0 Å². The highest BCUT2D eigenvalue weighted by Crippen LogP contribution is 2.40. The summed E-state index contributed by atoms with van der Waals surface area (Å²) in [5.41, 5.74) is 3.19. The van der Waals surface area contributed by atoms with Gasteiger partial charge in [-0.3, -0.25) is 11.3 Å². The molecule has 0 amide bonds. The van der Waals surface area contributed by atoms with Gasteiger partial charge >= 0.3 is 0 Å². The van der Waals surface area contributed by atoms with Gasteiger partial charge in [0.2, 0.25) is 0 Å². The highest BCUT2D eigenvalue weighted by Gasteiger charge is 2.37. The molecular weight excluding hydrogens is 260 g/mol. The van der Waals surface area contributed by atoms with Gasteiger partial charge < -0.3 is 0 Å². The van der Waals surface area contributed by atoms with Crippen LogP contribution in [-0.4, -0.2) is 28.0 Å². The Hall–Kier alpha value is 0.620. The molecule has 3 atom stereocenters. The number of hydrazine groups is 1. The summed E-state index contributed by atoms with van der Waals surface area (Å²) in [7, 11) is 0. The molecular formula is C14H28N2S2. The molecule has 1 saturated heterocycles. The van der Waals surface area contributed by atoms with Gasteiger partial charge in [0.05, 0.1) is 0 Å². The van der Waals surface area contributed by atoms with Crippen LogP contribution in [0.25, 0.3) is 0 Å². The fraction of sp³-hybridized carbons (Fsp3) is 1.00. The van der Waals surface area contributed by atoms with Crippen molar-refractivity contribution in [2.45, 2.75) is 62.5 Å². The first-order valence-corrected chi connectivity index (χ1v) is 9.55. The average Bonchev–Trinajstić information content (AvgIpc) is 2.42. The highest BCUT2D eigenvalue weighted by molar-refractivity contribution is 8.07. The molecule has 1 aliphatic heterocycles. The first-order valence-electron chi connectivity index (χ1n) is 7.45. The van der Waals surface area contributed by atoms with Crippen LogP contribution < -0.4 is 11.3 Å². The lowest BCUT2D eigenvalue weighted by atomic mass is 9.78. The highest BCUT2D eigenvalue weighted by atomic mass is 32.2. The molecule has 0 bridgehead atoms. The van der Waals surface area contributed by atoms with Crippen LogP contribution in [0.5, 0.6) is 0 Å². The van der Waals surface area contributed by atoms with Crippen LogP contribution >= 0.6 is 23.5 Å². The third-order valence-corrected chi connectivity index (χ3v) is 7.98. The normalized spacial score (nSPS) is 39.5. The molecule has 0 aromatic carbocycles. The van der Waals surface area contributed by atoms with Crippen LogP contribution in [0.4, 0.5) is 0 Å². The second kappa shape index (κ2) is 7.41. The molecule has 4 heteroatoms. The number of nitrogens with one attached hydrogen (secondary N) is 1. The molecule has 106 valence electrons. The summed E-state index contributed by atoms with van der Waals surface area (Å²) in [4.78, 5) is 0. The van der Waals surface area contributed by atoms with Gasteiger partial charge in [-0.1, -0.05) is 26.7 Å². The van der Waals surface area contributed by atoms with Crippen molar-refractivity contribution in [2.24, 2.45) is 17.7 Å². The third-order valence-electron chi connectivity index (χ3n) is 4.61. The number of hydrogen-bond acceptors (Lipinski definition) is 4. The maximum Gasteiger partial charge on any atom is 0.0368 e. The fourth-order valence-electron chi connectivity index (χ4n) is 3.42. The molecule has 3 N–H and O–H groups in total. The maximum absolute atomic E-state index is 5.91. The zero-order valence-electron chi connectivity index (χ0n) is 11.7. The first kappa shape index (κ1) is 15.0. The van der Waals surface area contributed by atoms with E-state index >= 15 is 0 Å². The van der Waals surface area contributed by atoms with Crippen molar-refractivity contribution in [1.29, 1.82) is 0 Å². The monoisotopic (exact) mass is 288 g/mol. The predicted octanol–water partition coefficient (Wildman–Crippen LogP) is 3.27. The van der Waals surface area contributed by atoms with E-state index in [1.165, 1.54) is 43.6 Å². The third kappa shape index (κ3) is 3.59. The van der Waals surface area contributed by atoms with Crippen LogP contribution in [0.3, 0.4) is 0 Å². The average molecular weight is 289 g/mol. The Morgan fingerprint density at radius 1 is 1.17 bits per heavy atom. The molecule has 3 unspecified atom stereocenters. The van der Waals surface area contributed by atoms with Crippen molar-refractivity contribution >= 4 is 23.5 Å². The van der Waals surface area contributed by atoms with E-state index in [4.69, 9.17) is 5.84 Å². The molecule has 0 spiro atoms. The SMILES string of the molecule is CCC1SCCSC1C(NN)C1CCC(C)CC1. The maximum atomic E-state index is 5.91. The number of nitrogens with two attached hydrogens (primary N) is 1. The summed E-state index contributed by atoms with van der Waals surface area (Å²) in [5, 5.41) is 1.52. The van der Waals surface area contributed by atoms with Crippen molar-refractivity contribution in [2.75, 3.05) is 11.5 Å². The molecule has 0 radical (unpaired) electrons. The Bertz CT molecular complexity index is 242. The Kier molecular flexibility index (Phi) is 6.19. The topological polar surface area (TPSA) is 38.0 Å². The molecule has 2 rings (SSSR count). The molecule has 18 heavy (non-hydrogen) atoms. The lowest BCUT2D eigenvalue weighted by Crippen LogP contribution is -2.52. The molecule has 2 nitrogen and oxygen atoms in total. The van der Waals surface area contributed by atoms with Gasteiger partial charge in [-0.15, -0.1) is 0 Å². The van der Waals surface area contributed by atoms with E-state index in [0.717, 1.165) is 22.3 Å². The van der Waals surface area contributed by atoms with E-state index in [-0.39, 0.29) is 0 Å². The van der Waals surface area contributed by atoms with E-state index in [1.807, 2.05) is 0 Å².